The van der Waals surface area contributed by atoms with Crippen LogP contribution in [0.3, 0.4) is 0 Å². The van der Waals surface area contributed by atoms with Gasteiger partial charge in [0.05, 0.1) is 38.4 Å². The maximum Gasteiger partial charge on any atom is 0.267 e. The number of nitrogens with zero attached hydrogens (tertiary/aromatic N) is 16. The van der Waals surface area contributed by atoms with Gasteiger partial charge in [0, 0.05) is 37.7 Å². The maximum atomic E-state index is 13.4. The van der Waals surface area contributed by atoms with Gasteiger partial charge in [0.25, 0.3) is 6.43 Å². The van der Waals surface area contributed by atoms with E-state index in [0.29, 0.717) is 133 Å². The molecule has 0 radical (unpaired) electrons. The van der Waals surface area contributed by atoms with E-state index in [1.807, 2.05) is 0 Å². The Hall–Kier alpha value is -6.73. The van der Waals surface area contributed by atoms with Crippen LogP contribution in [0.4, 0.5) is 8.78 Å². The van der Waals surface area contributed by atoms with Crippen molar-refractivity contribution in [1.82, 2.24) is 80.8 Å². The summed E-state index contributed by atoms with van der Waals surface area (Å²) in [6.07, 6.45) is 49.1. The first-order valence-corrected chi connectivity index (χ1v) is 47.6. The van der Waals surface area contributed by atoms with Gasteiger partial charge in [0.15, 0.2) is 25.3 Å². The topological polar surface area (TPSA) is 265 Å². The van der Waals surface area contributed by atoms with Crippen LogP contribution in [-0.2, 0) is 30.9 Å². The largest absolute Gasteiger partial charge is 0.387 e. The third-order valence-corrected chi connectivity index (χ3v) is 37.3. The number of tetrazole rings is 4. The Morgan fingerprint density at radius 3 is 1.05 bits per heavy atom. The van der Waals surface area contributed by atoms with Gasteiger partial charge in [0.1, 0.15) is 16.8 Å². The molecule has 13 saturated carbocycles. The number of hydrogen-bond donors (Lipinski definition) is 4. The van der Waals surface area contributed by atoms with Crippen molar-refractivity contribution < 1.29 is 33.9 Å². The molecule has 24 heteroatoms. The van der Waals surface area contributed by atoms with E-state index >= 15 is 0 Å². The van der Waals surface area contributed by atoms with E-state index in [4.69, 9.17) is 16.3 Å². The van der Waals surface area contributed by atoms with E-state index in [1.165, 1.54) is 173 Å². The monoisotopic (exact) mass is 1690 g/mol. The fourth-order valence-corrected chi connectivity index (χ4v) is 31.7. The molecular weight excluding hydrogens is 1550 g/mol. The lowest BCUT2D eigenvalue weighted by atomic mass is 9.51. The van der Waals surface area contributed by atoms with Crippen LogP contribution in [0.15, 0.2) is 121 Å². The number of alkyl halides is 2. The molecule has 0 amide bonds. The van der Waals surface area contributed by atoms with Crippen molar-refractivity contribution in [2.24, 2.45) is 146 Å². The fourth-order valence-electron chi connectivity index (χ4n) is 31.5. The number of ether oxygens (including phenoxy) is 1. The Bertz CT molecular complexity index is 4730. The van der Waals surface area contributed by atoms with E-state index < -0.39 is 28.8 Å². The molecule has 658 valence electrons. The molecule has 4 aromatic heterocycles. The molecule has 21 rings (SSSR count). The van der Waals surface area contributed by atoms with Gasteiger partial charge in [-0.25, -0.2) is 8.78 Å². The molecule has 4 N–H and O–H groups in total. The Kier molecular flexibility index (Phi) is 24.1. The Balaban J connectivity index is 0.000000111. The van der Waals surface area contributed by atoms with Crippen LogP contribution in [0.25, 0.3) is 0 Å². The molecule has 0 aromatic carbocycles. The summed E-state index contributed by atoms with van der Waals surface area (Å²) >= 11 is 5.61. The first kappa shape index (κ1) is 86.0. The van der Waals surface area contributed by atoms with Crippen molar-refractivity contribution in [3.05, 3.63) is 121 Å². The molecule has 122 heavy (non-hydrogen) atoms. The number of rotatable bonds is 15. The molecule has 21 nitrogen and oxygen atoms in total. The van der Waals surface area contributed by atoms with Gasteiger partial charge in [0.2, 0.25) is 0 Å². The number of halogens is 3. The number of aromatic nitrogens is 16. The lowest BCUT2D eigenvalue weighted by molar-refractivity contribution is -0.119. The standard InChI is InChI=1S/C27H36N4O.C24H31ClN4O.C24H36N4O2.C23H32F2N4O/c1-18(16-31-29-17-28-30-31)24-7-8-25-23-6-5-20-15-27(32,13-9-19-3-4-19)14-11-21(20)22(23)10-12-26(24,25)2;1-16(14-29-27-15-26-28-29)21-5-6-22-20-4-3-17-13-24(30,11-12-25)10-8-18(17)19(20)7-9-23(21,22)2;1-16(13-28-26-15-25-27-28)21-6-7-22-20-5-4-17-12-24(29,14-30-3)11-9-18(17)19(20)8-10-23(21,22)2;1-14(12-29-27-13-26-28-29)19-5-6-20-18-4-3-15-11-23(30,21(24)25)10-8-16(15)17(18)7-9-22(19,20)2/h5,17,19,21-25,32H,1,3-4,6-8,10-12,14-16H2,2H3;3,15,18-22,30H,1,4-10,13-14H2,2H3;4,15,18-22,29H,1,5-14H2,2-3H3;3,13,16-21,30H,1,4-12H2,2H3/t21-,22+,23+,24+,25-,26+,27-;18-,19+,20+,21+,22-,23+,24+;18-,19+,20+,21+,22-,23+,24-;16-,17+,18+,19+,20-,22+,23-/m0000/s1. The molecule has 0 aliphatic heterocycles. The highest BCUT2D eigenvalue weighted by Gasteiger charge is 2.63. The smallest absolute Gasteiger partial charge is 0.267 e. The molecule has 17 aliphatic carbocycles. The fraction of sp³-hybridized carbons (Fsp3) is 0.755. The van der Waals surface area contributed by atoms with E-state index in [9.17, 15) is 29.2 Å². The summed E-state index contributed by atoms with van der Waals surface area (Å²) in [7, 11) is 1.70. The van der Waals surface area contributed by atoms with Crippen molar-refractivity contribution in [2.75, 3.05) is 13.7 Å². The number of allylic oxidation sites excluding steroid dienone is 8. The molecule has 0 spiro atoms. The molecule has 17 aliphatic rings. The molecule has 0 bridgehead atoms. The second-order valence-corrected chi connectivity index (χ2v) is 43.4. The third kappa shape index (κ3) is 16.3. The van der Waals surface area contributed by atoms with Gasteiger partial charge in [-0.3, -0.25) is 0 Å². The lowest BCUT2D eigenvalue weighted by Gasteiger charge is -2.54. The summed E-state index contributed by atoms with van der Waals surface area (Å²) < 4.78 is 32.1. The summed E-state index contributed by atoms with van der Waals surface area (Å²) in [4.78, 5) is 6.62. The normalized spacial score (nSPS) is 42.7. The maximum absolute atomic E-state index is 13.4. The minimum Gasteiger partial charge on any atom is -0.387 e. The van der Waals surface area contributed by atoms with Crippen LogP contribution < -0.4 is 0 Å². The average Bonchev–Trinajstić information content (AvgIpc) is 1.49. The number of aliphatic hydroxyl groups is 4. The molecule has 28 atom stereocenters. The van der Waals surface area contributed by atoms with E-state index in [0.717, 1.165) is 142 Å². The van der Waals surface area contributed by atoms with Crippen molar-refractivity contribution in [3.63, 3.8) is 0 Å². The minimum atomic E-state index is -2.66. The SMILES string of the molecule is C=C(Cn1ncnn1)[C@H]1CC[C@H]2[C@@H]3CC=C4C[C@](O)(C#CC5CC5)CC[C@@H]4[C@H]3CC[C@]12C.C=C(Cn1ncnn1)[C@H]1CC[C@H]2[C@@H]3CC=C4C[C@](O)(C#CCl)CC[C@@H]4[C@H]3CC[C@]12C.C=C(Cn1ncnn1)[C@H]1CC[C@H]2[C@@H]3CC=C4C[C@](O)(C(F)F)CC[C@@H]4[C@H]3CC[C@]12C.C=C(Cn1ncnn1)[C@H]1CC[C@H]2[C@@H]3CC=C4C[C@](O)(COC)CC[C@@H]4[C@H]3CC[C@]12C. The van der Waals surface area contributed by atoms with Crippen molar-refractivity contribution in [3.8, 4) is 23.1 Å². The first-order valence-electron chi connectivity index (χ1n) is 47.3. The van der Waals surface area contributed by atoms with Crippen LogP contribution >= 0.6 is 11.6 Å². The Morgan fingerprint density at radius 1 is 0.418 bits per heavy atom. The van der Waals surface area contributed by atoms with Gasteiger partial charge in [-0.1, -0.05) is 141 Å². The highest BCUT2D eigenvalue weighted by atomic mass is 35.5. The minimum absolute atomic E-state index is 0.158. The van der Waals surface area contributed by atoms with E-state index in [2.05, 4.69) is 163 Å². The van der Waals surface area contributed by atoms with Crippen LogP contribution in [-0.4, -0.2) is 144 Å². The number of fused-ring (bicyclic) bond motifs is 20. The van der Waals surface area contributed by atoms with Crippen molar-refractivity contribution >= 4 is 11.6 Å². The van der Waals surface area contributed by atoms with Gasteiger partial charge in [-0.2, -0.15) is 19.2 Å². The predicted octanol–water partition coefficient (Wildman–Crippen LogP) is 17.1. The third-order valence-electron chi connectivity index (χ3n) is 37.2. The van der Waals surface area contributed by atoms with Crippen LogP contribution in [0.5, 0.6) is 0 Å². The zero-order valence-corrected chi connectivity index (χ0v) is 74.0. The second-order valence-electron chi connectivity index (χ2n) is 43.2. The van der Waals surface area contributed by atoms with Crippen LogP contribution in [0.1, 0.15) is 246 Å². The van der Waals surface area contributed by atoms with Gasteiger partial charge in [-0.05, 0) is 372 Å². The first-order chi connectivity index (χ1) is 58.6. The second kappa shape index (κ2) is 34.1. The molecule has 0 saturated heterocycles. The van der Waals surface area contributed by atoms with Gasteiger partial charge < -0.3 is 25.2 Å². The van der Waals surface area contributed by atoms with Gasteiger partial charge >= 0.3 is 0 Å². The zero-order valence-electron chi connectivity index (χ0n) is 73.2. The average molecular weight is 1690 g/mol. The quantitative estimate of drug-likeness (QED) is 0.0636. The summed E-state index contributed by atoms with van der Waals surface area (Å²) in [6, 6.07) is 0. The molecule has 0 unspecified atom stereocenters. The molecule has 13 fully saturated rings. The van der Waals surface area contributed by atoms with E-state index in [1.54, 1.807) is 26.3 Å². The number of methoxy groups -OCH3 is 1. The van der Waals surface area contributed by atoms with E-state index in [-0.39, 0.29) is 18.3 Å². The van der Waals surface area contributed by atoms with Crippen molar-refractivity contribution in [1.29, 1.82) is 0 Å². The number of hydrogen-bond acceptors (Lipinski definition) is 17. The van der Waals surface area contributed by atoms with Crippen LogP contribution in [0, 0.1) is 169 Å². The molecular formula is C98H135ClF2N16O5. The molecule has 4 aromatic rings. The summed E-state index contributed by atoms with van der Waals surface area (Å²) in [6.45, 7) is 31.0. The summed E-state index contributed by atoms with van der Waals surface area (Å²) in [5.41, 5.74) is 7.65. The van der Waals surface area contributed by atoms with Gasteiger partial charge in [-0.15, -0.1) is 40.8 Å². The summed E-state index contributed by atoms with van der Waals surface area (Å²) in [5, 5.41) is 93.8. The predicted molar refractivity (Wildman–Crippen MR) is 462 cm³/mol. The lowest BCUT2D eigenvalue weighted by Crippen LogP contribution is -2.49. The Labute approximate surface area is 726 Å². The zero-order chi connectivity index (χ0) is 84.9. The van der Waals surface area contributed by atoms with Crippen LogP contribution in [0.2, 0.25) is 0 Å². The Morgan fingerprint density at radius 2 is 0.738 bits per heavy atom. The molecule has 4 heterocycles. The summed E-state index contributed by atoms with van der Waals surface area (Å²) in [5.74, 6) is 23.3. The van der Waals surface area contributed by atoms with Crippen molar-refractivity contribution in [2.45, 2.75) is 301 Å². The highest BCUT2D eigenvalue weighted by molar-refractivity contribution is 6.30. The highest BCUT2D eigenvalue weighted by Crippen LogP contribution is 2.70.